The maximum Gasteiger partial charge on any atom is 0.407 e. The second kappa shape index (κ2) is 14.5. The van der Waals surface area contributed by atoms with Crippen molar-refractivity contribution in [2.24, 2.45) is 17.6 Å². The van der Waals surface area contributed by atoms with Gasteiger partial charge in [0.2, 0.25) is 0 Å². The number of urea groups is 1. The highest BCUT2D eigenvalue weighted by Crippen LogP contribution is 2.35. The molecule has 2 fully saturated rings. The third-order valence-corrected chi connectivity index (χ3v) is 7.43. The predicted octanol–water partition coefficient (Wildman–Crippen LogP) is 3.76. The summed E-state index contributed by atoms with van der Waals surface area (Å²) in [4.78, 5) is 27.1. The Morgan fingerprint density at radius 2 is 2.14 bits per heavy atom. The molecule has 0 saturated carbocycles. The van der Waals surface area contributed by atoms with Crippen molar-refractivity contribution in [3.8, 4) is 0 Å². The van der Waals surface area contributed by atoms with E-state index < -0.39 is 12.2 Å². The summed E-state index contributed by atoms with van der Waals surface area (Å²) in [5.74, 6) is 0.0311. The largest absolute Gasteiger partial charge is 0.465 e. The summed E-state index contributed by atoms with van der Waals surface area (Å²) < 4.78 is 26.0. The molecule has 10 heteroatoms. The lowest BCUT2D eigenvalue weighted by Gasteiger charge is -2.37. The van der Waals surface area contributed by atoms with E-state index in [0.29, 0.717) is 25.6 Å². The number of rotatable bonds is 10. The fourth-order valence-electron chi connectivity index (χ4n) is 5.25. The third-order valence-electron chi connectivity index (χ3n) is 7.43. The van der Waals surface area contributed by atoms with Crippen LogP contribution in [0.2, 0.25) is 0 Å². The molecule has 2 heterocycles. The molecule has 0 bridgehead atoms. The average molecular weight is 523 g/mol. The average Bonchev–Trinajstić information content (AvgIpc) is 3.15. The van der Waals surface area contributed by atoms with Crippen molar-refractivity contribution in [1.82, 2.24) is 15.1 Å². The van der Waals surface area contributed by atoms with Crippen LogP contribution in [-0.2, 0) is 9.47 Å². The van der Waals surface area contributed by atoms with Gasteiger partial charge in [-0.1, -0.05) is 12.5 Å². The highest BCUT2D eigenvalue weighted by atomic mass is 19.1. The number of ether oxygens (including phenoxy) is 2. The van der Waals surface area contributed by atoms with Crippen LogP contribution < -0.4 is 11.1 Å². The van der Waals surface area contributed by atoms with Gasteiger partial charge in [-0.15, -0.1) is 0 Å². The molecule has 0 aromatic heterocycles. The molecule has 9 nitrogen and oxygen atoms in total. The van der Waals surface area contributed by atoms with Gasteiger partial charge < -0.3 is 35.4 Å². The van der Waals surface area contributed by atoms with E-state index in [2.05, 4.69) is 5.32 Å². The van der Waals surface area contributed by atoms with Gasteiger partial charge >= 0.3 is 12.1 Å². The quantitative estimate of drug-likeness (QED) is 0.431. The number of carbonyl (C=O) groups excluding carboxylic acids is 1. The Morgan fingerprint density at radius 1 is 1.32 bits per heavy atom. The van der Waals surface area contributed by atoms with E-state index in [1.54, 1.807) is 11.0 Å². The molecule has 4 unspecified atom stereocenters. The molecule has 4 N–H and O–H groups in total. The molecule has 2 aliphatic heterocycles. The van der Waals surface area contributed by atoms with E-state index in [1.807, 2.05) is 6.92 Å². The van der Waals surface area contributed by atoms with Crippen LogP contribution >= 0.6 is 0 Å². The number of halogens is 1. The number of nitrogens with zero attached hydrogens (tertiary/aromatic N) is 2. The van der Waals surface area contributed by atoms with E-state index >= 15 is 0 Å². The van der Waals surface area contributed by atoms with Crippen LogP contribution in [0.1, 0.15) is 55.8 Å². The molecule has 1 aromatic carbocycles. The SMILES string of the molecule is Cc1ccc(F)cc1C(OCCN(C)C(=O)O)C1CCCN(C(=O)NCC(N)CC2CCCCOC2)C1. The van der Waals surface area contributed by atoms with Crippen LogP contribution in [0.4, 0.5) is 14.0 Å². The Bertz CT molecular complexity index is 880. The summed E-state index contributed by atoms with van der Waals surface area (Å²) in [5.41, 5.74) is 7.96. The number of carboxylic acid groups (broad SMARTS) is 1. The summed E-state index contributed by atoms with van der Waals surface area (Å²) >= 11 is 0. The van der Waals surface area contributed by atoms with Crippen LogP contribution in [0.25, 0.3) is 0 Å². The fourth-order valence-corrected chi connectivity index (χ4v) is 5.25. The first-order valence-electron chi connectivity index (χ1n) is 13.4. The summed E-state index contributed by atoms with van der Waals surface area (Å²) in [6.07, 6.45) is 4.31. The van der Waals surface area contributed by atoms with Crippen LogP contribution in [0.3, 0.4) is 0 Å². The van der Waals surface area contributed by atoms with Crippen molar-refractivity contribution in [1.29, 1.82) is 0 Å². The zero-order chi connectivity index (χ0) is 26.8. The molecule has 208 valence electrons. The van der Waals surface area contributed by atoms with Crippen molar-refractivity contribution in [2.75, 3.05) is 53.0 Å². The lowest BCUT2D eigenvalue weighted by Crippen LogP contribution is -2.49. The molecule has 4 atom stereocenters. The number of aryl methyl sites for hydroxylation is 1. The normalized spacial score (nSPS) is 22.1. The number of carbonyl (C=O) groups is 2. The number of piperidine rings is 1. The number of nitrogens with one attached hydrogen (secondary N) is 1. The summed E-state index contributed by atoms with van der Waals surface area (Å²) in [5, 5.41) is 12.1. The molecular weight excluding hydrogens is 479 g/mol. The fraction of sp³-hybridized carbons (Fsp3) is 0.704. The molecule has 0 aliphatic carbocycles. The van der Waals surface area contributed by atoms with E-state index in [1.165, 1.54) is 19.2 Å². The lowest BCUT2D eigenvalue weighted by atomic mass is 9.86. The van der Waals surface area contributed by atoms with Gasteiger partial charge in [0.15, 0.2) is 0 Å². The van der Waals surface area contributed by atoms with Crippen LogP contribution in [0.15, 0.2) is 18.2 Å². The molecule has 0 spiro atoms. The maximum atomic E-state index is 14.2. The Balaban J connectivity index is 1.59. The minimum atomic E-state index is -1.03. The van der Waals surface area contributed by atoms with E-state index in [-0.39, 0.29) is 37.0 Å². The molecule has 0 radical (unpaired) electrons. The first kappa shape index (κ1) is 29.1. The monoisotopic (exact) mass is 522 g/mol. The summed E-state index contributed by atoms with van der Waals surface area (Å²) in [6.45, 7) is 5.32. The van der Waals surface area contributed by atoms with Gasteiger partial charge in [0.25, 0.3) is 0 Å². The smallest absolute Gasteiger partial charge is 0.407 e. The third kappa shape index (κ3) is 9.12. The lowest BCUT2D eigenvalue weighted by molar-refractivity contribution is -0.0159. The highest BCUT2D eigenvalue weighted by Gasteiger charge is 2.32. The van der Waals surface area contributed by atoms with E-state index in [4.69, 9.17) is 20.3 Å². The minimum absolute atomic E-state index is 0.0491. The maximum absolute atomic E-state index is 14.2. The minimum Gasteiger partial charge on any atom is -0.465 e. The molecule has 3 rings (SSSR count). The molecule has 1 aromatic rings. The number of hydrogen-bond acceptors (Lipinski definition) is 5. The second-order valence-corrected chi connectivity index (χ2v) is 10.5. The van der Waals surface area contributed by atoms with Crippen molar-refractivity contribution < 1.29 is 28.6 Å². The highest BCUT2D eigenvalue weighted by molar-refractivity contribution is 5.74. The Labute approximate surface area is 219 Å². The Kier molecular flexibility index (Phi) is 11.4. The number of hydrogen-bond donors (Lipinski definition) is 3. The number of nitrogens with two attached hydrogens (primary N) is 1. The molecular formula is C27H43FN4O5. The first-order chi connectivity index (χ1) is 17.7. The van der Waals surface area contributed by atoms with E-state index in [9.17, 15) is 14.0 Å². The molecule has 3 amide bonds. The zero-order valence-electron chi connectivity index (χ0n) is 22.2. The van der Waals surface area contributed by atoms with Crippen LogP contribution in [-0.4, -0.2) is 86.1 Å². The molecule has 2 saturated heterocycles. The Hall–Kier alpha value is -2.43. The van der Waals surface area contributed by atoms with Gasteiger partial charge in [-0.25, -0.2) is 14.0 Å². The molecule has 2 aliphatic rings. The first-order valence-corrected chi connectivity index (χ1v) is 13.4. The van der Waals surface area contributed by atoms with Crippen molar-refractivity contribution >= 4 is 12.1 Å². The predicted molar refractivity (Wildman–Crippen MR) is 139 cm³/mol. The number of likely N-dealkylation sites (tertiary alicyclic amines) is 1. The van der Waals surface area contributed by atoms with Crippen molar-refractivity contribution in [3.05, 3.63) is 35.1 Å². The van der Waals surface area contributed by atoms with Gasteiger partial charge in [0, 0.05) is 58.4 Å². The zero-order valence-corrected chi connectivity index (χ0v) is 22.2. The molecule has 37 heavy (non-hydrogen) atoms. The van der Waals surface area contributed by atoms with Crippen LogP contribution in [0, 0.1) is 24.6 Å². The second-order valence-electron chi connectivity index (χ2n) is 10.5. The van der Waals surface area contributed by atoms with Gasteiger partial charge in [0.1, 0.15) is 5.82 Å². The van der Waals surface area contributed by atoms with Crippen molar-refractivity contribution in [2.45, 2.75) is 57.6 Å². The number of likely N-dealkylation sites (N-methyl/N-ethyl adjacent to an activating group) is 1. The van der Waals surface area contributed by atoms with Gasteiger partial charge in [-0.05, 0) is 68.2 Å². The Morgan fingerprint density at radius 3 is 2.92 bits per heavy atom. The van der Waals surface area contributed by atoms with Crippen molar-refractivity contribution in [3.63, 3.8) is 0 Å². The summed E-state index contributed by atoms with van der Waals surface area (Å²) in [7, 11) is 1.48. The summed E-state index contributed by atoms with van der Waals surface area (Å²) in [6, 6.07) is 4.33. The number of benzene rings is 1. The topological polar surface area (TPSA) is 117 Å². The van der Waals surface area contributed by atoms with Gasteiger partial charge in [0.05, 0.1) is 12.7 Å². The van der Waals surface area contributed by atoms with Crippen LogP contribution in [0.5, 0.6) is 0 Å². The standard InChI is InChI=1S/C27H43FN4O5/c1-19-8-9-22(28)15-24(19)25(37-13-11-31(2)27(34)35)21-7-5-10-32(17-21)26(33)30-16-23(29)14-20-6-3-4-12-36-18-20/h8-9,15,20-21,23,25H,3-7,10-14,16-18,29H2,1-2H3,(H,30,33)(H,34,35). The van der Waals surface area contributed by atoms with Gasteiger partial charge in [-0.2, -0.15) is 0 Å². The van der Waals surface area contributed by atoms with E-state index in [0.717, 1.165) is 67.8 Å². The van der Waals surface area contributed by atoms with Gasteiger partial charge in [-0.3, -0.25) is 0 Å². The number of amides is 3.